The zero-order valence-corrected chi connectivity index (χ0v) is 16.1. The number of rotatable bonds is 7. The molecule has 0 atom stereocenters. The molecule has 0 saturated heterocycles. The zero-order chi connectivity index (χ0) is 20.6. The standard InChI is InChI=1S/C22H21N3O4/c1-28-19-9-8-17(13-20(19)29-2)25-22(27)18-12-16(10-11-23-18)21(26)24-14-15-6-4-3-5-7-15/h3-13H,14H2,1-2H3,(H,24,26)(H,25,27). The molecule has 0 bridgehead atoms. The van der Waals surface area contributed by atoms with Crippen molar-refractivity contribution in [2.45, 2.75) is 6.54 Å². The zero-order valence-electron chi connectivity index (χ0n) is 16.1. The normalized spacial score (nSPS) is 10.1. The molecule has 29 heavy (non-hydrogen) atoms. The number of pyridine rings is 1. The van der Waals surface area contributed by atoms with Crippen LogP contribution >= 0.6 is 0 Å². The van der Waals surface area contributed by atoms with Crippen LogP contribution < -0.4 is 20.1 Å². The fourth-order valence-electron chi connectivity index (χ4n) is 2.69. The first-order valence-corrected chi connectivity index (χ1v) is 8.92. The number of anilines is 1. The first-order chi connectivity index (χ1) is 14.1. The Morgan fingerprint density at radius 3 is 2.38 bits per heavy atom. The van der Waals surface area contributed by atoms with Crippen LogP contribution in [-0.4, -0.2) is 31.0 Å². The summed E-state index contributed by atoms with van der Waals surface area (Å²) in [7, 11) is 3.05. The van der Waals surface area contributed by atoms with Gasteiger partial charge in [-0.25, -0.2) is 0 Å². The molecule has 0 aliphatic rings. The van der Waals surface area contributed by atoms with Crippen molar-refractivity contribution >= 4 is 17.5 Å². The van der Waals surface area contributed by atoms with Crippen LogP contribution in [0.1, 0.15) is 26.4 Å². The lowest BCUT2D eigenvalue weighted by atomic mass is 10.2. The van der Waals surface area contributed by atoms with Gasteiger partial charge in [0.1, 0.15) is 5.69 Å². The van der Waals surface area contributed by atoms with Crippen LogP contribution in [0.4, 0.5) is 5.69 Å². The summed E-state index contributed by atoms with van der Waals surface area (Å²) < 4.78 is 10.4. The van der Waals surface area contributed by atoms with Crippen LogP contribution in [0.15, 0.2) is 66.9 Å². The highest BCUT2D eigenvalue weighted by atomic mass is 16.5. The van der Waals surface area contributed by atoms with Gasteiger partial charge in [-0.2, -0.15) is 0 Å². The molecule has 0 unspecified atom stereocenters. The van der Waals surface area contributed by atoms with E-state index >= 15 is 0 Å². The van der Waals surface area contributed by atoms with E-state index in [2.05, 4.69) is 15.6 Å². The number of carbonyl (C=O) groups is 2. The molecule has 7 nitrogen and oxygen atoms in total. The van der Waals surface area contributed by atoms with Gasteiger partial charge in [-0.1, -0.05) is 30.3 Å². The van der Waals surface area contributed by atoms with Crippen molar-refractivity contribution in [1.82, 2.24) is 10.3 Å². The molecule has 0 fully saturated rings. The maximum atomic E-state index is 12.5. The van der Waals surface area contributed by atoms with Crippen LogP contribution in [0.25, 0.3) is 0 Å². The van der Waals surface area contributed by atoms with Crippen LogP contribution in [-0.2, 0) is 6.54 Å². The third kappa shape index (κ3) is 5.10. The van der Waals surface area contributed by atoms with E-state index in [0.717, 1.165) is 5.56 Å². The number of nitrogens with zero attached hydrogens (tertiary/aromatic N) is 1. The lowest BCUT2D eigenvalue weighted by Gasteiger charge is -2.11. The number of ether oxygens (including phenoxy) is 2. The van der Waals surface area contributed by atoms with E-state index in [0.29, 0.717) is 29.3 Å². The molecule has 0 radical (unpaired) electrons. The summed E-state index contributed by atoms with van der Waals surface area (Å²) in [5.74, 6) is 0.333. The predicted molar refractivity (Wildman–Crippen MR) is 109 cm³/mol. The topological polar surface area (TPSA) is 89.5 Å². The van der Waals surface area contributed by atoms with Crippen molar-refractivity contribution in [3.8, 4) is 11.5 Å². The van der Waals surface area contributed by atoms with Crippen LogP contribution in [0.2, 0.25) is 0 Å². The van der Waals surface area contributed by atoms with Gasteiger partial charge in [-0.05, 0) is 29.8 Å². The van der Waals surface area contributed by atoms with Gasteiger partial charge in [-0.15, -0.1) is 0 Å². The van der Waals surface area contributed by atoms with Gasteiger partial charge in [0, 0.05) is 30.1 Å². The molecule has 0 saturated carbocycles. The Labute approximate surface area is 168 Å². The number of nitrogens with one attached hydrogen (secondary N) is 2. The van der Waals surface area contributed by atoms with Gasteiger partial charge >= 0.3 is 0 Å². The molecular weight excluding hydrogens is 370 g/mol. The molecule has 0 aliphatic heterocycles. The molecule has 3 aromatic rings. The van der Waals surface area contributed by atoms with E-state index in [-0.39, 0.29) is 11.6 Å². The Balaban J connectivity index is 1.68. The van der Waals surface area contributed by atoms with Crippen LogP contribution in [0.5, 0.6) is 11.5 Å². The Bertz CT molecular complexity index is 1010. The van der Waals surface area contributed by atoms with Crippen molar-refractivity contribution in [2.24, 2.45) is 0 Å². The molecule has 3 rings (SSSR count). The second-order valence-corrected chi connectivity index (χ2v) is 6.12. The Morgan fingerprint density at radius 1 is 0.897 bits per heavy atom. The molecule has 0 aliphatic carbocycles. The van der Waals surface area contributed by atoms with Gasteiger partial charge in [0.25, 0.3) is 11.8 Å². The Hall–Kier alpha value is -3.87. The number of carbonyl (C=O) groups excluding carboxylic acids is 2. The SMILES string of the molecule is COc1ccc(NC(=O)c2cc(C(=O)NCc3ccccc3)ccn2)cc1OC. The molecule has 7 heteroatoms. The van der Waals surface area contributed by atoms with Gasteiger partial charge in [0.2, 0.25) is 0 Å². The van der Waals surface area contributed by atoms with Crippen molar-refractivity contribution in [3.63, 3.8) is 0 Å². The summed E-state index contributed by atoms with van der Waals surface area (Å²) in [5, 5.41) is 5.57. The number of benzene rings is 2. The summed E-state index contributed by atoms with van der Waals surface area (Å²) in [6.45, 7) is 0.398. The summed E-state index contributed by atoms with van der Waals surface area (Å²) in [6.07, 6.45) is 1.43. The fourth-order valence-corrected chi connectivity index (χ4v) is 2.69. The molecular formula is C22H21N3O4. The average molecular weight is 391 g/mol. The lowest BCUT2D eigenvalue weighted by Crippen LogP contribution is -2.23. The van der Waals surface area contributed by atoms with E-state index in [4.69, 9.17) is 9.47 Å². The summed E-state index contributed by atoms with van der Waals surface area (Å²) in [4.78, 5) is 29.0. The third-order valence-electron chi connectivity index (χ3n) is 4.19. The second kappa shape index (κ2) is 9.36. The lowest BCUT2D eigenvalue weighted by molar-refractivity contribution is 0.0951. The summed E-state index contributed by atoms with van der Waals surface area (Å²) >= 11 is 0. The highest BCUT2D eigenvalue weighted by molar-refractivity contribution is 6.04. The quantitative estimate of drug-likeness (QED) is 0.645. The average Bonchev–Trinajstić information content (AvgIpc) is 2.78. The molecule has 1 heterocycles. The molecule has 1 aromatic heterocycles. The molecule has 148 valence electrons. The monoisotopic (exact) mass is 391 g/mol. The minimum Gasteiger partial charge on any atom is -0.493 e. The Morgan fingerprint density at radius 2 is 1.66 bits per heavy atom. The minimum atomic E-state index is -0.435. The highest BCUT2D eigenvalue weighted by Gasteiger charge is 2.13. The van der Waals surface area contributed by atoms with E-state index < -0.39 is 5.91 Å². The molecule has 2 N–H and O–H groups in total. The van der Waals surface area contributed by atoms with Crippen molar-refractivity contribution in [3.05, 3.63) is 83.7 Å². The number of hydrogen-bond donors (Lipinski definition) is 2. The predicted octanol–water partition coefficient (Wildman–Crippen LogP) is 3.28. The molecule has 0 spiro atoms. The maximum absolute atomic E-state index is 12.5. The summed E-state index contributed by atoms with van der Waals surface area (Å²) in [5.41, 5.74) is 2.00. The first kappa shape index (κ1) is 19.9. The summed E-state index contributed by atoms with van der Waals surface area (Å²) in [6, 6.07) is 17.6. The number of aromatic nitrogens is 1. The van der Waals surface area contributed by atoms with Gasteiger partial charge in [-0.3, -0.25) is 14.6 Å². The highest BCUT2D eigenvalue weighted by Crippen LogP contribution is 2.29. The number of amides is 2. The third-order valence-corrected chi connectivity index (χ3v) is 4.19. The maximum Gasteiger partial charge on any atom is 0.274 e. The van der Waals surface area contributed by atoms with Crippen molar-refractivity contribution in [2.75, 3.05) is 19.5 Å². The van der Waals surface area contributed by atoms with Crippen LogP contribution in [0, 0.1) is 0 Å². The fraction of sp³-hybridized carbons (Fsp3) is 0.136. The molecule has 2 amide bonds. The number of methoxy groups -OCH3 is 2. The smallest absolute Gasteiger partial charge is 0.274 e. The second-order valence-electron chi connectivity index (χ2n) is 6.12. The Kier molecular flexibility index (Phi) is 6.42. The first-order valence-electron chi connectivity index (χ1n) is 8.92. The van der Waals surface area contributed by atoms with Gasteiger partial charge in [0.15, 0.2) is 11.5 Å². The molecule has 2 aromatic carbocycles. The van der Waals surface area contributed by atoms with Gasteiger partial charge < -0.3 is 20.1 Å². The van der Waals surface area contributed by atoms with E-state index in [1.165, 1.54) is 26.5 Å². The minimum absolute atomic E-state index is 0.132. The van der Waals surface area contributed by atoms with E-state index in [9.17, 15) is 9.59 Å². The van der Waals surface area contributed by atoms with Crippen molar-refractivity contribution in [1.29, 1.82) is 0 Å². The van der Waals surface area contributed by atoms with Gasteiger partial charge in [0.05, 0.1) is 14.2 Å². The van der Waals surface area contributed by atoms with E-state index in [1.807, 2.05) is 30.3 Å². The van der Waals surface area contributed by atoms with Crippen molar-refractivity contribution < 1.29 is 19.1 Å². The van der Waals surface area contributed by atoms with E-state index in [1.54, 1.807) is 24.3 Å². The largest absolute Gasteiger partial charge is 0.493 e. The van der Waals surface area contributed by atoms with Crippen LogP contribution in [0.3, 0.4) is 0 Å². The number of hydrogen-bond acceptors (Lipinski definition) is 5.